The maximum Gasteiger partial charge on any atom is 0.417 e. The van der Waals surface area contributed by atoms with Crippen LogP contribution in [-0.4, -0.2) is 83.4 Å². The molecule has 9 nitrogen and oxygen atoms in total. The third kappa shape index (κ3) is 11.0. The molecule has 0 spiro atoms. The molecule has 0 radical (unpaired) electrons. The fourth-order valence-corrected chi connectivity index (χ4v) is 6.52. The molecular formula is C41H48ClF3N4O5. The molecule has 5 rings (SSSR count). The van der Waals surface area contributed by atoms with Crippen LogP contribution in [0.2, 0.25) is 5.02 Å². The molecule has 0 aromatic heterocycles. The molecule has 54 heavy (non-hydrogen) atoms. The van der Waals surface area contributed by atoms with Crippen LogP contribution >= 0.6 is 11.6 Å². The minimum absolute atomic E-state index is 0.0590. The van der Waals surface area contributed by atoms with E-state index in [0.29, 0.717) is 19.6 Å². The van der Waals surface area contributed by atoms with E-state index >= 15 is 0 Å². The zero-order valence-electron chi connectivity index (χ0n) is 31.2. The van der Waals surface area contributed by atoms with Crippen molar-refractivity contribution in [3.05, 3.63) is 112 Å². The quantitative estimate of drug-likeness (QED) is 0.103. The lowest BCUT2D eigenvalue weighted by Crippen LogP contribution is -2.22. The number of para-hydroxylation sites is 1. The Morgan fingerprint density at radius 1 is 0.833 bits per heavy atom. The molecule has 2 N–H and O–H groups in total. The lowest BCUT2D eigenvalue weighted by molar-refractivity contribution is -0.137. The number of alkyl halides is 3. The van der Waals surface area contributed by atoms with Gasteiger partial charge in [0.05, 0.1) is 16.7 Å². The summed E-state index contributed by atoms with van der Waals surface area (Å²) in [5.74, 6) is 0.834. The Bertz CT molecular complexity index is 1860. The zero-order chi connectivity index (χ0) is 38.8. The number of hydrogen-bond donors (Lipinski definition) is 2. The summed E-state index contributed by atoms with van der Waals surface area (Å²) in [6, 6.07) is 24.4. The van der Waals surface area contributed by atoms with E-state index in [0.717, 1.165) is 54.1 Å². The average molecular weight is 769 g/mol. The van der Waals surface area contributed by atoms with Crippen molar-refractivity contribution in [2.75, 3.05) is 72.2 Å². The molecule has 13 heteroatoms. The molecule has 1 aliphatic carbocycles. The Balaban J connectivity index is 1.31. The molecular weight excluding hydrogens is 721 g/mol. The van der Waals surface area contributed by atoms with Gasteiger partial charge in [-0.2, -0.15) is 13.2 Å². The van der Waals surface area contributed by atoms with E-state index in [2.05, 4.69) is 27.7 Å². The van der Waals surface area contributed by atoms with Gasteiger partial charge in [0.25, 0.3) is 5.91 Å². The topological polar surface area (TPSA) is 84.5 Å². The second-order valence-electron chi connectivity index (χ2n) is 13.8. The molecule has 1 aliphatic rings. The van der Waals surface area contributed by atoms with Gasteiger partial charge in [-0.05, 0) is 107 Å². The molecule has 0 aliphatic heterocycles. The minimum atomic E-state index is -4.69. The number of nitrogens with one attached hydrogen (secondary N) is 2. The van der Waals surface area contributed by atoms with Crippen molar-refractivity contribution in [2.24, 2.45) is 0 Å². The molecule has 0 bridgehead atoms. The van der Waals surface area contributed by atoms with E-state index in [1.54, 1.807) is 25.3 Å². The van der Waals surface area contributed by atoms with E-state index in [4.69, 9.17) is 30.5 Å². The number of amides is 1. The number of rotatable bonds is 17. The largest absolute Gasteiger partial charge is 0.492 e. The van der Waals surface area contributed by atoms with Crippen LogP contribution in [0.5, 0.6) is 17.2 Å². The second-order valence-corrected chi connectivity index (χ2v) is 14.2. The number of likely N-dealkylation sites (N-methyl/N-ethyl adjacent to an activating group) is 2. The molecule has 0 heterocycles. The number of anilines is 2. The zero-order valence-corrected chi connectivity index (χ0v) is 32.0. The monoisotopic (exact) mass is 768 g/mol. The van der Waals surface area contributed by atoms with Crippen LogP contribution in [0.1, 0.15) is 58.5 Å². The van der Waals surface area contributed by atoms with Crippen LogP contribution in [0.25, 0.3) is 0 Å². The second kappa shape index (κ2) is 18.7. The van der Waals surface area contributed by atoms with Gasteiger partial charge in [-0.3, -0.25) is 4.79 Å². The molecule has 290 valence electrons. The Kier molecular flexibility index (Phi) is 14.1. The SMILES string of the molecule is COC(Nc1cccc(C2CCC(Oc3cccc(OCCN(C)C)c3C(=O)Nc3ccc(Cl)c(C(F)(F)F)c3)C2)c1)c1ccccc1OCCN(C)C. The Morgan fingerprint density at radius 3 is 2.20 bits per heavy atom. The van der Waals surface area contributed by atoms with Gasteiger partial charge in [-0.15, -0.1) is 0 Å². The summed E-state index contributed by atoms with van der Waals surface area (Å²) in [5.41, 5.74) is 1.92. The summed E-state index contributed by atoms with van der Waals surface area (Å²) in [6.45, 7) is 2.20. The first kappa shape index (κ1) is 40.7. The number of ether oxygens (including phenoxy) is 4. The summed E-state index contributed by atoms with van der Waals surface area (Å²) in [4.78, 5) is 17.8. The summed E-state index contributed by atoms with van der Waals surface area (Å²) in [7, 11) is 9.46. The number of halogens is 4. The smallest absolute Gasteiger partial charge is 0.417 e. The highest BCUT2D eigenvalue weighted by molar-refractivity contribution is 6.31. The molecule has 1 saturated carbocycles. The molecule has 1 amide bonds. The Labute approximate surface area is 320 Å². The lowest BCUT2D eigenvalue weighted by atomic mass is 9.97. The molecule has 3 atom stereocenters. The van der Waals surface area contributed by atoms with Crippen LogP contribution in [0.15, 0.2) is 84.9 Å². The first-order valence-corrected chi connectivity index (χ1v) is 18.2. The van der Waals surface area contributed by atoms with Crippen molar-refractivity contribution in [1.29, 1.82) is 0 Å². The summed E-state index contributed by atoms with van der Waals surface area (Å²) < 4.78 is 65.2. The van der Waals surface area contributed by atoms with Crippen LogP contribution in [0.4, 0.5) is 24.5 Å². The normalized spacial score (nSPS) is 16.4. The predicted octanol–water partition coefficient (Wildman–Crippen LogP) is 8.96. The van der Waals surface area contributed by atoms with E-state index in [1.807, 2.05) is 69.5 Å². The first-order valence-electron chi connectivity index (χ1n) is 17.8. The standard InChI is InChI=1S/C41H48ClF3N4O5/c1-48(2)20-22-52-35-13-7-6-12-32(35)40(51-5)47-29-11-8-10-27(24-29)28-16-18-31(25-28)54-37-15-9-14-36(53-23-21-49(3)4)38(37)39(50)46-30-17-19-34(42)33(26-30)41(43,44)45/h6-15,17,19,24,26,28,31,40,47H,16,18,20-23,25H2,1-5H3,(H,46,50). The summed E-state index contributed by atoms with van der Waals surface area (Å²) in [6.07, 6.45) is -3.07. The van der Waals surface area contributed by atoms with Gasteiger partial charge in [0.1, 0.15) is 36.0 Å². The molecule has 1 fully saturated rings. The maximum atomic E-state index is 13.8. The van der Waals surface area contributed by atoms with Gasteiger partial charge in [0, 0.05) is 37.1 Å². The third-order valence-corrected chi connectivity index (χ3v) is 9.44. The number of benzene rings is 4. The van der Waals surface area contributed by atoms with Crippen molar-refractivity contribution in [3.8, 4) is 17.2 Å². The molecule has 4 aromatic carbocycles. The highest BCUT2D eigenvalue weighted by atomic mass is 35.5. The third-order valence-electron chi connectivity index (χ3n) is 9.11. The molecule has 0 saturated heterocycles. The van der Waals surface area contributed by atoms with Crippen molar-refractivity contribution in [1.82, 2.24) is 9.80 Å². The minimum Gasteiger partial charge on any atom is -0.492 e. The van der Waals surface area contributed by atoms with Gasteiger partial charge >= 0.3 is 6.18 Å². The Hall–Kier alpha value is -4.49. The van der Waals surface area contributed by atoms with Gasteiger partial charge in [0.15, 0.2) is 6.23 Å². The van der Waals surface area contributed by atoms with E-state index in [1.165, 1.54) is 6.07 Å². The van der Waals surface area contributed by atoms with E-state index in [-0.39, 0.29) is 41.4 Å². The van der Waals surface area contributed by atoms with Crippen LogP contribution in [0.3, 0.4) is 0 Å². The van der Waals surface area contributed by atoms with Gasteiger partial charge in [0.2, 0.25) is 0 Å². The fraction of sp³-hybridized carbons (Fsp3) is 0.390. The Morgan fingerprint density at radius 2 is 1.50 bits per heavy atom. The van der Waals surface area contributed by atoms with Crippen molar-refractivity contribution in [2.45, 2.75) is 43.7 Å². The van der Waals surface area contributed by atoms with Gasteiger partial charge in [-0.1, -0.05) is 48.0 Å². The fourth-order valence-electron chi connectivity index (χ4n) is 6.30. The summed E-state index contributed by atoms with van der Waals surface area (Å²) in [5, 5.41) is 5.65. The number of nitrogens with zero attached hydrogens (tertiary/aromatic N) is 2. The van der Waals surface area contributed by atoms with Gasteiger partial charge < -0.3 is 39.4 Å². The summed E-state index contributed by atoms with van der Waals surface area (Å²) >= 11 is 5.82. The number of hydrogen-bond acceptors (Lipinski definition) is 8. The van der Waals surface area contributed by atoms with Crippen LogP contribution in [-0.2, 0) is 10.9 Å². The highest BCUT2D eigenvalue weighted by Gasteiger charge is 2.34. The van der Waals surface area contributed by atoms with Crippen molar-refractivity contribution in [3.63, 3.8) is 0 Å². The number of carbonyl (C=O) groups excluding carboxylic acids is 1. The van der Waals surface area contributed by atoms with E-state index in [9.17, 15) is 18.0 Å². The maximum absolute atomic E-state index is 13.8. The molecule has 4 aromatic rings. The van der Waals surface area contributed by atoms with Crippen LogP contribution in [0, 0.1) is 0 Å². The van der Waals surface area contributed by atoms with Gasteiger partial charge in [-0.25, -0.2) is 0 Å². The van der Waals surface area contributed by atoms with Crippen molar-refractivity contribution >= 4 is 28.9 Å². The lowest BCUT2D eigenvalue weighted by Gasteiger charge is -2.23. The van der Waals surface area contributed by atoms with E-state index < -0.39 is 28.9 Å². The first-order chi connectivity index (χ1) is 25.8. The highest BCUT2D eigenvalue weighted by Crippen LogP contribution is 2.41. The van der Waals surface area contributed by atoms with Crippen molar-refractivity contribution < 1.29 is 36.9 Å². The molecule has 3 unspecified atom stereocenters. The number of methoxy groups -OCH3 is 1. The number of carbonyl (C=O) groups is 1. The predicted molar refractivity (Wildman–Crippen MR) is 206 cm³/mol. The van der Waals surface area contributed by atoms with Crippen LogP contribution < -0.4 is 24.8 Å². The average Bonchev–Trinajstić information content (AvgIpc) is 3.59.